The van der Waals surface area contributed by atoms with Gasteiger partial charge in [-0.3, -0.25) is 9.59 Å². The van der Waals surface area contributed by atoms with Crippen LogP contribution in [0.2, 0.25) is 10.0 Å². The van der Waals surface area contributed by atoms with Crippen LogP contribution in [0.15, 0.2) is 53.4 Å². The number of benzene rings is 2. The third-order valence-corrected chi connectivity index (χ3v) is 6.07. The van der Waals surface area contributed by atoms with Crippen LogP contribution in [-0.2, 0) is 16.1 Å². The number of hydrogen-bond acceptors (Lipinski definition) is 3. The lowest BCUT2D eigenvalue weighted by Gasteiger charge is -2.33. The van der Waals surface area contributed by atoms with Crippen LogP contribution in [-0.4, -0.2) is 34.0 Å². The second-order valence-electron chi connectivity index (χ2n) is 8.36. The number of thioether (sulfide) groups is 1. The molecule has 168 valence electrons. The van der Waals surface area contributed by atoms with Crippen molar-refractivity contribution in [2.75, 3.05) is 5.75 Å². The van der Waals surface area contributed by atoms with Gasteiger partial charge in [0.2, 0.25) is 11.8 Å². The molecule has 0 aromatic heterocycles. The zero-order valence-corrected chi connectivity index (χ0v) is 20.8. The second kappa shape index (κ2) is 11.8. The highest BCUT2D eigenvalue weighted by Crippen LogP contribution is 2.22. The SMILES string of the molecule is CC[C@H](C(=O)NC(C)(C)C)N(Cc1ccc(Cl)cc1)C(=O)CCSc1ccc(Cl)cc1. The highest BCUT2D eigenvalue weighted by molar-refractivity contribution is 7.99. The molecule has 7 heteroatoms. The lowest BCUT2D eigenvalue weighted by molar-refractivity contribution is -0.141. The summed E-state index contributed by atoms with van der Waals surface area (Å²) in [5, 5.41) is 4.34. The summed E-state index contributed by atoms with van der Waals surface area (Å²) in [4.78, 5) is 28.9. The number of nitrogens with zero attached hydrogens (tertiary/aromatic N) is 1. The van der Waals surface area contributed by atoms with Gasteiger partial charge >= 0.3 is 0 Å². The van der Waals surface area contributed by atoms with Gasteiger partial charge in [-0.2, -0.15) is 0 Å². The average molecular weight is 481 g/mol. The number of halogens is 2. The van der Waals surface area contributed by atoms with Crippen LogP contribution >= 0.6 is 35.0 Å². The minimum atomic E-state index is -0.539. The van der Waals surface area contributed by atoms with E-state index in [2.05, 4.69) is 5.32 Å². The minimum Gasteiger partial charge on any atom is -0.350 e. The number of rotatable bonds is 9. The monoisotopic (exact) mass is 480 g/mol. The summed E-state index contributed by atoms with van der Waals surface area (Å²) in [5.41, 5.74) is 0.564. The highest BCUT2D eigenvalue weighted by atomic mass is 35.5. The molecular formula is C24H30Cl2N2O2S. The Morgan fingerprint density at radius 1 is 1.00 bits per heavy atom. The van der Waals surface area contributed by atoms with E-state index in [1.165, 1.54) is 0 Å². The Kier molecular flexibility index (Phi) is 9.73. The fourth-order valence-electron chi connectivity index (χ4n) is 3.09. The lowest BCUT2D eigenvalue weighted by Crippen LogP contribution is -2.53. The van der Waals surface area contributed by atoms with Crippen molar-refractivity contribution in [2.24, 2.45) is 0 Å². The number of carbonyl (C=O) groups is 2. The van der Waals surface area contributed by atoms with Crippen molar-refractivity contribution in [3.05, 3.63) is 64.1 Å². The normalized spacial score (nSPS) is 12.3. The van der Waals surface area contributed by atoms with Crippen LogP contribution < -0.4 is 5.32 Å². The molecule has 0 aliphatic rings. The molecule has 1 N–H and O–H groups in total. The Balaban J connectivity index is 2.14. The maximum atomic E-state index is 13.2. The summed E-state index contributed by atoms with van der Waals surface area (Å²) in [6, 6.07) is 14.4. The first-order valence-electron chi connectivity index (χ1n) is 10.3. The van der Waals surface area contributed by atoms with Crippen molar-refractivity contribution in [1.82, 2.24) is 10.2 Å². The molecule has 0 saturated heterocycles. The van der Waals surface area contributed by atoms with Crippen molar-refractivity contribution in [1.29, 1.82) is 0 Å². The van der Waals surface area contributed by atoms with Crippen LogP contribution in [0.1, 0.15) is 46.1 Å². The molecule has 2 aromatic carbocycles. The molecule has 0 radical (unpaired) electrons. The second-order valence-corrected chi connectivity index (χ2v) is 10.4. The third kappa shape index (κ3) is 8.76. The summed E-state index contributed by atoms with van der Waals surface area (Å²) < 4.78 is 0. The Morgan fingerprint density at radius 2 is 1.55 bits per heavy atom. The van der Waals surface area contributed by atoms with E-state index in [0.29, 0.717) is 35.2 Å². The molecule has 31 heavy (non-hydrogen) atoms. The fraction of sp³-hybridized carbons (Fsp3) is 0.417. The molecule has 2 amide bonds. The Bertz CT molecular complexity index is 865. The van der Waals surface area contributed by atoms with Crippen LogP contribution in [0.5, 0.6) is 0 Å². The number of amides is 2. The Labute approximate surface area is 199 Å². The van der Waals surface area contributed by atoms with Crippen molar-refractivity contribution >= 4 is 46.8 Å². The molecule has 0 fully saturated rings. The van der Waals surface area contributed by atoms with E-state index in [4.69, 9.17) is 23.2 Å². The number of nitrogens with one attached hydrogen (secondary N) is 1. The largest absolute Gasteiger partial charge is 0.350 e. The van der Waals surface area contributed by atoms with Gasteiger partial charge in [-0.15, -0.1) is 11.8 Å². The van der Waals surface area contributed by atoms with Crippen molar-refractivity contribution in [2.45, 2.75) is 63.6 Å². The molecule has 0 aliphatic carbocycles. The van der Waals surface area contributed by atoms with Gasteiger partial charge in [-0.1, -0.05) is 42.3 Å². The summed E-state index contributed by atoms with van der Waals surface area (Å²) in [6.07, 6.45) is 0.867. The van der Waals surface area contributed by atoms with Gasteiger partial charge in [-0.25, -0.2) is 0 Å². The van der Waals surface area contributed by atoms with E-state index < -0.39 is 6.04 Å². The summed E-state index contributed by atoms with van der Waals surface area (Å²) in [6.45, 7) is 8.10. The molecule has 4 nitrogen and oxygen atoms in total. The Hall–Kier alpha value is -1.69. The molecule has 0 saturated carbocycles. The van der Waals surface area contributed by atoms with Crippen LogP contribution in [0.4, 0.5) is 0 Å². The van der Waals surface area contributed by atoms with E-state index in [-0.39, 0.29) is 17.4 Å². The first-order valence-corrected chi connectivity index (χ1v) is 12.1. The topological polar surface area (TPSA) is 49.4 Å². The summed E-state index contributed by atoms with van der Waals surface area (Å²) in [7, 11) is 0. The maximum absolute atomic E-state index is 13.2. The van der Waals surface area contributed by atoms with Gasteiger partial charge in [0.05, 0.1) is 0 Å². The van der Waals surface area contributed by atoms with Gasteiger partial charge in [0, 0.05) is 39.2 Å². The Morgan fingerprint density at radius 3 is 2.06 bits per heavy atom. The van der Waals surface area contributed by atoms with E-state index in [9.17, 15) is 9.59 Å². The van der Waals surface area contributed by atoms with Crippen LogP contribution in [0.25, 0.3) is 0 Å². The van der Waals surface area contributed by atoms with Crippen molar-refractivity contribution in [3.63, 3.8) is 0 Å². The van der Waals surface area contributed by atoms with Gasteiger partial charge < -0.3 is 10.2 Å². The fourth-order valence-corrected chi connectivity index (χ4v) is 4.18. The van der Waals surface area contributed by atoms with Gasteiger partial charge in [0.15, 0.2) is 0 Å². The first kappa shape index (κ1) is 25.6. The lowest BCUT2D eigenvalue weighted by atomic mass is 10.1. The molecule has 2 rings (SSSR count). The predicted molar refractivity (Wildman–Crippen MR) is 131 cm³/mol. The zero-order chi connectivity index (χ0) is 23.0. The van der Waals surface area contributed by atoms with E-state index in [0.717, 1.165) is 10.5 Å². The highest BCUT2D eigenvalue weighted by Gasteiger charge is 2.30. The number of carbonyl (C=O) groups excluding carboxylic acids is 2. The quantitative estimate of drug-likeness (QED) is 0.434. The molecule has 0 spiro atoms. The van der Waals surface area contributed by atoms with Gasteiger partial charge in [0.25, 0.3) is 0 Å². The first-order chi connectivity index (χ1) is 14.6. The standard InChI is InChI=1S/C24H30Cl2N2O2S/c1-5-21(23(30)27-24(2,3)4)28(16-17-6-8-18(25)9-7-17)22(29)14-15-31-20-12-10-19(26)11-13-20/h6-13,21H,5,14-16H2,1-4H3,(H,27,30)/t21-/m1/s1. The van der Waals surface area contributed by atoms with Crippen molar-refractivity contribution < 1.29 is 9.59 Å². The summed E-state index contributed by atoms with van der Waals surface area (Å²) in [5.74, 6) is 0.435. The maximum Gasteiger partial charge on any atom is 0.243 e. The minimum absolute atomic E-state index is 0.0488. The van der Waals surface area contributed by atoms with E-state index in [1.54, 1.807) is 28.8 Å². The molecular weight excluding hydrogens is 451 g/mol. The average Bonchev–Trinajstić information content (AvgIpc) is 2.69. The van der Waals surface area contributed by atoms with Crippen LogP contribution in [0.3, 0.4) is 0 Å². The molecule has 0 heterocycles. The molecule has 0 unspecified atom stereocenters. The van der Waals surface area contributed by atoms with E-state index >= 15 is 0 Å². The summed E-state index contributed by atoms with van der Waals surface area (Å²) >= 11 is 13.5. The molecule has 0 bridgehead atoms. The zero-order valence-electron chi connectivity index (χ0n) is 18.5. The third-order valence-electron chi connectivity index (χ3n) is 4.55. The van der Waals surface area contributed by atoms with Gasteiger partial charge in [0.1, 0.15) is 6.04 Å². The predicted octanol–water partition coefficient (Wildman–Crippen LogP) is 6.20. The molecule has 1 atom stereocenters. The van der Waals surface area contributed by atoms with Gasteiger partial charge in [-0.05, 0) is 69.2 Å². The smallest absolute Gasteiger partial charge is 0.243 e. The van der Waals surface area contributed by atoms with Crippen molar-refractivity contribution in [3.8, 4) is 0 Å². The van der Waals surface area contributed by atoms with E-state index in [1.807, 2.05) is 64.1 Å². The molecule has 0 aliphatic heterocycles. The van der Waals surface area contributed by atoms with Crippen LogP contribution in [0, 0.1) is 0 Å². The number of hydrogen-bond donors (Lipinski definition) is 1. The molecule has 2 aromatic rings.